The van der Waals surface area contributed by atoms with Crippen molar-refractivity contribution in [3.05, 3.63) is 59.4 Å². The molecule has 7 heteroatoms. The zero-order chi connectivity index (χ0) is 17.2. The van der Waals surface area contributed by atoms with Crippen LogP contribution in [0.25, 0.3) is 0 Å². The van der Waals surface area contributed by atoms with E-state index in [0.29, 0.717) is 24.2 Å². The highest BCUT2D eigenvalue weighted by atomic mass is 32.2. The second kappa shape index (κ2) is 6.49. The highest BCUT2D eigenvalue weighted by Crippen LogP contribution is 2.22. The fourth-order valence-corrected chi connectivity index (χ4v) is 4.64. The van der Waals surface area contributed by atoms with Crippen LogP contribution in [-0.4, -0.2) is 41.8 Å². The Labute approximate surface area is 140 Å². The van der Waals surface area contributed by atoms with E-state index < -0.39 is 9.84 Å². The van der Waals surface area contributed by atoms with Gasteiger partial charge in [-0.25, -0.2) is 8.42 Å². The van der Waals surface area contributed by atoms with Gasteiger partial charge in [-0.2, -0.15) is 5.26 Å². The molecule has 1 fully saturated rings. The number of benzene rings is 1. The van der Waals surface area contributed by atoms with Crippen molar-refractivity contribution in [1.82, 2.24) is 9.88 Å². The number of carbonyl (C=O) groups excluding carboxylic acids is 1. The summed E-state index contributed by atoms with van der Waals surface area (Å²) in [5.74, 6) is -0.204. The second-order valence-corrected chi connectivity index (χ2v) is 8.12. The Morgan fingerprint density at radius 1 is 1.33 bits per heavy atom. The van der Waals surface area contributed by atoms with Gasteiger partial charge >= 0.3 is 0 Å². The lowest BCUT2D eigenvalue weighted by Gasteiger charge is -2.28. The topological polar surface area (TPSA) is 94.0 Å². The van der Waals surface area contributed by atoms with Crippen LogP contribution < -0.4 is 0 Å². The Bertz CT molecular complexity index is 881. The van der Waals surface area contributed by atoms with Crippen LogP contribution in [0.2, 0.25) is 0 Å². The number of aromatic amines is 1. The molecule has 1 aromatic heterocycles. The van der Waals surface area contributed by atoms with Gasteiger partial charge < -0.3 is 9.88 Å². The van der Waals surface area contributed by atoms with Crippen molar-refractivity contribution >= 4 is 15.7 Å². The smallest absolute Gasteiger partial charge is 0.270 e. The zero-order valence-corrected chi connectivity index (χ0v) is 13.8. The van der Waals surface area contributed by atoms with Gasteiger partial charge in [-0.15, -0.1) is 0 Å². The second-order valence-electron chi connectivity index (χ2n) is 5.89. The number of aromatic nitrogens is 1. The van der Waals surface area contributed by atoms with Crippen LogP contribution in [0, 0.1) is 11.3 Å². The van der Waals surface area contributed by atoms with E-state index in [9.17, 15) is 13.2 Å². The van der Waals surface area contributed by atoms with Gasteiger partial charge in [-0.3, -0.25) is 4.79 Å². The highest BCUT2D eigenvalue weighted by Gasteiger charge is 2.35. The summed E-state index contributed by atoms with van der Waals surface area (Å²) in [7, 11) is -3.10. The van der Waals surface area contributed by atoms with Crippen LogP contribution in [0.4, 0.5) is 0 Å². The molecule has 1 saturated heterocycles. The van der Waals surface area contributed by atoms with Gasteiger partial charge in [0.1, 0.15) is 11.8 Å². The molecular formula is C17H17N3O3S. The predicted octanol–water partition coefficient (Wildman–Crippen LogP) is 1.72. The zero-order valence-electron chi connectivity index (χ0n) is 13.0. The van der Waals surface area contributed by atoms with Crippen molar-refractivity contribution in [2.45, 2.75) is 19.0 Å². The normalized spacial score (nSPS) is 18.9. The molecule has 2 heterocycles. The van der Waals surface area contributed by atoms with Gasteiger partial charge in [0.2, 0.25) is 0 Å². The average Bonchev–Trinajstić information content (AvgIpc) is 3.19. The molecule has 1 aliphatic rings. The standard InChI is InChI=1S/C17H17N3O3S/c18-9-14-8-16(19-10-14)17(21)20(11-13-4-2-1-3-5-13)15-6-7-24(22,23)12-15/h1-5,8,10,15,19H,6-7,11-12H2. The fourth-order valence-electron chi connectivity index (χ4n) is 2.91. The number of hydrogen-bond acceptors (Lipinski definition) is 4. The number of nitrogens with zero attached hydrogens (tertiary/aromatic N) is 2. The minimum Gasteiger partial charge on any atom is -0.356 e. The molecule has 3 rings (SSSR count). The number of hydrogen-bond donors (Lipinski definition) is 1. The van der Waals surface area contributed by atoms with Crippen LogP contribution in [-0.2, 0) is 16.4 Å². The summed E-state index contributed by atoms with van der Waals surface area (Å²) in [4.78, 5) is 17.3. The van der Waals surface area contributed by atoms with Crippen LogP contribution in [0.5, 0.6) is 0 Å². The highest BCUT2D eigenvalue weighted by molar-refractivity contribution is 7.91. The first kappa shape index (κ1) is 16.3. The van der Waals surface area contributed by atoms with Crippen molar-refractivity contribution in [2.24, 2.45) is 0 Å². The van der Waals surface area contributed by atoms with E-state index in [1.807, 2.05) is 36.4 Å². The van der Waals surface area contributed by atoms with Crippen LogP contribution in [0.15, 0.2) is 42.6 Å². The molecule has 1 aromatic carbocycles. The molecule has 0 aliphatic carbocycles. The third-order valence-corrected chi connectivity index (χ3v) is 5.90. The molecule has 1 N–H and O–H groups in total. The molecule has 6 nitrogen and oxygen atoms in total. The summed E-state index contributed by atoms with van der Waals surface area (Å²) in [6, 6.07) is 12.6. The van der Waals surface area contributed by atoms with Gasteiger partial charge in [-0.05, 0) is 18.1 Å². The van der Waals surface area contributed by atoms with E-state index in [1.165, 1.54) is 12.3 Å². The van der Waals surface area contributed by atoms with E-state index in [1.54, 1.807) is 4.90 Å². The third-order valence-electron chi connectivity index (χ3n) is 4.15. The molecule has 1 aliphatic heterocycles. The number of nitriles is 1. The van der Waals surface area contributed by atoms with Crippen LogP contribution in [0.3, 0.4) is 0 Å². The van der Waals surface area contributed by atoms with Crippen LogP contribution >= 0.6 is 0 Å². The lowest BCUT2D eigenvalue weighted by atomic mass is 10.1. The van der Waals surface area contributed by atoms with E-state index >= 15 is 0 Å². The van der Waals surface area contributed by atoms with Crippen molar-refractivity contribution in [3.63, 3.8) is 0 Å². The first-order valence-electron chi connectivity index (χ1n) is 7.62. The predicted molar refractivity (Wildman–Crippen MR) is 88.9 cm³/mol. The Hall–Kier alpha value is -2.59. The number of H-pyrrole nitrogens is 1. The summed E-state index contributed by atoms with van der Waals surface area (Å²) < 4.78 is 23.6. The minimum absolute atomic E-state index is 0.0165. The summed E-state index contributed by atoms with van der Waals surface area (Å²) in [6.07, 6.45) is 1.91. The molecular weight excluding hydrogens is 326 g/mol. The number of rotatable bonds is 4. The quantitative estimate of drug-likeness (QED) is 0.914. The van der Waals surface area contributed by atoms with E-state index in [0.717, 1.165) is 5.56 Å². The SMILES string of the molecule is N#Cc1c[nH]c(C(=O)N(Cc2ccccc2)C2CCS(=O)(=O)C2)c1. The lowest BCUT2D eigenvalue weighted by molar-refractivity contribution is 0.0675. The largest absolute Gasteiger partial charge is 0.356 e. The summed E-state index contributed by atoms with van der Waals surface area (Å²) >= 11 is 0. The van der Waals surface area contributed by atoms with Crippen LogP contribution in [0.1, 0.15) is 28.0 Å². The van der Waals surface area contributed by atoms with E-state index in [2.05, 4.69) is 4.98 Å². The first-order chi connectivity index (χ1) is 11.5. The number of amides is 1. The van der Waals surface area contributed by atoms with E-state index in [4.69, 9.17) is 5.26 Å². The maximum atomic E-state index is 12.9. The van der Waals surface area contributed by atoms with E-state index in [-0.39, 0.29) is 23.5 Å². The first-order valence-corrected chi connectivity index (χ1v) is 9.44. The van der Waals surface area contributed by atoms with Gasteiger partial charge in [0.05, 0.1) is 17.1 Å². The van der Waals surface area contributed by atoms with Crippen molar-refractivity contribution in [1.29, 1.82) is 5.26 Å². The molecule has 0 bridgehead atoms. The van der Waals surface area contributed by atoms with Gasteiger partial charge in [-0.1, -0.05) is 30.3 Å². The lowest BCUT2D eigenvalue weighted by Crippen LogP contribution is -2.40. The maximum Gasteiger partial charge on any atom is 0.270 e. The molecule has 1 unspecified atom stereocenters. The Morgan fingerprint density at radius 3 is 2.67 bits per heavy atom. The molecule has 1 atom stereocenters. The fraction of sp³-hybridized carbons (Fsp3) is 0.294. The number of nitrogens with one attached hydrogen (secondary N) is 1. The molecule has 124 valence electrons. The van der Waals surface area contributed by atoms with Gasteiger partial charge in [0.15, 0.2) is 9.84 Å². The molecule has 2 aromatic rings. The molecule has 0 saturated carbocycles. The Balaban J connectivity index is 1.89. The number of sulfone groups is 1. The molecule has 1 amide bonds. The molecule has 24 heavy (non-hydrogen) atoms. The minimum atomic E-state index is -3.10. The monoisotopic (exact) mass is 343 g/mol. The third kappa shape index (κ3) is 3.49. The number of carbonyl (C=O) groups is 1. The molecule has 0 radical (unpaired) electrons. The van der Waals surface area contributed by atoms with Crippen molar-refractivity contribution < 1.29 is 13.2 Å². The Morgan fingerprint density at radius 2 is 2.08 bits per heavy atom. The van der Waals surface area contributed by atoms with Crippen molar-refractivity contribution in [2.75, 3.05) is 11.5 Å². The molecule has 0 spiro atoms. The maximum absolute atomic E-state index is 12.9. The Kier molecular flexibility index (Phi) is 4.40. The average molecular weight is 343 g/mol. The van der Waals surface area contributed by atoms with Gasteiger partial charge in [0.25, 0.3) is 5.91 Å². The van der Waals surface area contributed by atoms with Gasteiger partial charge in [0, 0.05) is 18.8 Å². The summed E-state index contributed by atoms with van der Waals surface area (Å²) in [6.45, 7) is 0.334. The summed E-state index contributed by atoms with van der Waals surface area (Å²) in [5, 5.41) is 8.91. The summed E-state index contributed by atoms with van der Waals surface area (Å²) in [5.41, 5.74) is 1.60. The van der Waals surface area contributed by atoms with Crippen molar-refractivity contribution in [3.8, 4) is 6.07 Å².